The molecule has 0 aromatic rings. The molecule has 0 amide bonds. The summed E-state index contributed by atoms with van der Waals surface area (Å²) < 4.78 is 0. The van der Waals surface area contributed by atoms with Crippen molar-refractivity contribution in [3.05, 3.63) is 11.6 Å². The summed E-state index contributed by atoms with van der Waals surface area (Å²) in [7, 11) is 0. The Morgan fingerprint density at radius 1 is 1.18 bits per heavy atom. The van der Waals surface area contributed by atoms with E-state index >= 15 is 0 Å². The molecule has 0 radical (unpaired) electrons. The van der Waals surface area contributed by atoms with Gasteiger partial charge in [-0.1, -0.05) is 32.4 Å². The van der Waals surface area contributed by atoms with E-state index in [-0.39, 0.29) is 0 Å². The maximum absolute atomic E-state index is 10.5. The van der Waals surface area contributed by atoms with Crippen LogP contribution >= 0.6 is 0 Å². The smallest absolute Gasteiger partial charge is 0.0682 e. The Bertz CT molecular complexity index is 301. The van der Waals surface area contributed by atoms with Crippen LogP contribution in [0.3, 0.4) is 0 Å². The molecular weight excluding hydrogens is 208 g/mol. The second-order valence-electron chi connectivity index (χ2n) is 6.23. The number of hydrogen-bond donors (Lipinski definition) is 1. The molecule has 2 atom stereocenters. The van der Waals surface area contributed by atoms with Crippen molar-refractivity contribution in [2.45, 2.75) is 77.7 Å². The molecule has 17 heavy (non-hydrogen) atoms. The summed E-state index contributed by atoms with van der Waals surface area (Å²) in [4.78, 5) is 0. The van der Waals surface area contributed by atoms with Crippen molar-refractivity contribution < 1.29 is 5.11 Å². The number of allylic oxidation sites excluding steroid dienone is 1. The first-order valence-electron chi connectivity index (χ1n) is 7.50. The minimum atomic E-state index is -0.396. The fourth-order valence-electron chi connectivity index (χ4n) is 4.22. The summed E-state index contributed by atoms with van der Waals surface area (Å²) in [6.07, 6.45) is 11.7. The van der Waals surface area contributed by atoms with Gasteiger partial charge in [0, 0.05) is 0 Å². The standard InChI is InChI=1S/C16H28O/c1-4-15(5-2)10-7-8-13-12-16(17,6-3)11-9-14(13)15/h8,14,17H,4-7,9-12H2,1-3H3. The minimum Gasteiger partial charge on any atom is -0.390 e. The molecule has 0 saturated heterocycles. The van der Waals surface area contributed by atoms with Crippen molar-refractivity contribution in [2.75, 3.05) is 0 Å². The van der Waals surface area contributed by atoms with Gasteiger partial charge in [0.2, 0.25) is 0 Å². The lowest BCUT2D eigenvalue weighted by Gasteiger charge is -2.49. The highest BCUT2D eigenvalue weighted by Gasteiger charge is 2.45. The van der Waals surface area contributed by atoms with Crippen molar-refractivity contribution in [3.63, 3.8) is 0 Å². The maximum atomic E-state index is 10.5. The third-order valence-corrected chi connectivity index (χ3v) is 5.73. The first kappa shape index (κ1) is 13.1. The zero-order valence-electron chi connectivity index (χ0n) is 11.8. The van der Waals surface area contributed by atoms with E-state index in [9.17, 15) is 5.11 Å². The van der Waals surface area contributed by atoms with Crippen LogP contribution in [0, 0.1) is 11.3 Å². The molecule has 1 N–H and O–H groups in total. The Morgan fingerprint density at radius 2 is 1.88 bits per heavy atom. The van der Waals surface area contributed by atoms with Crippen molar-refractivity contribution in [1.82, 2.24) is 0 Å². The summed E-state index contributed by atoms with van der Waals surface area (Å²) in [6, 6.07) is 0. The van der Waals surface area contributed by atoms with E-state index in [0.717, 1.165) is 25.2 Å². The van der Waals surface area contributed by atoms with Crippen molar-refractivity contribution >= 4 is 0 Å². The summed E-state index contributed by atoms with van der Waals surface area (Å²) in [5, 5.41) is 10.5. The lowest BCUT2D eigenvalue weighted by molar-refractivity contribution is -0.0156. The lowest BCUT2D eigenvalue weighted by atomic mass is 9.57. The zero-order chi connectivity index (χ0) is 12.5. The third kappa shape index (κ3) is 2.19. The average Bonchev–Trinajstić information content (AvgIpc) is 2.37. The maximum Gasteiger partial charge on any atom is 0.0682 e. The van der Waals surface area contributed by atoms with Crippen molar-refractivity contribution in [3.8, 4) is 0 Å². The molecule has 2 aliphatic rings. The zero-order valence-corrected chi connectivity index (χ0v) is 11.8. The van der Waals surface area contributed by atoms with E-state index in [1.54, 1.807) is 5.57 Å². The quantitative estimate of drug-likeness (QED) is 0.718. The van der Waals surface area contributed by atoms with Crippen LogP contribution in [-0.4, -0.2) is 10.7 Å². The fourth-order valence-corrected chi connectivity index (χ4v) is 4.22. The Kier molecular flexibility index (Phi) is 3.68. The third-order valence-electron chi connectivity index (χ3n) is 5.73. The van der Waals surface area contributed by atoms with E-state index in [2.05, 4.69) is 26.8 Å². The molecule has 2 aliphatic carbocycles. The van der Waals surface area contributed by atoms with Crippen LogP contribution < -0.4 is 0 Å². The van der Waals surface area contributed by atoms with Gasteiger partial charge in [-0.3, -0.25) is 0 Å². The molecule has 0 heterocycles. The normalized spacial score (nSPS) is 36.2. The SMILES string of the molecule is CCC1(O)CCC2C(=CCCC2(CC)CC)C1. The molecule has 1 heteroatoms. The highest BCUT2D eigenvalue weighted by Crippen LogP contribution is 2.54. The molecule has 0 aliphatic heterocycles. The predicted molar refractivity (Wildman–Crippen MR) is 72.9 cm³/mol. The Morgan fingerprint density at radius 3 is 2.47 bits per heavy atom. The van der Waals surface area contributed by atoms with E-state index < -0.39 is 5.60 Å². The number of aliphatic hydroxyl groups is 1. The van der Waals surface area contributed by atoms with E-state index in [4.69, 9.17) is 0 Å². The van der Waals surface area contributed by atoms with Gasteiger partial charge < -0.3 is 5.11 Å². The van der Waals surface area contributed by atoms with Gasteiger partial charge in [0.25, 0.3) is 0 Å². The lowest BCUT2D eigenvalue weighted by Crippen LogP contribution is -2.42. The second kappa shape index (κ2) is 4.76. The molecule has 1 fully saturated rings. The van der Waals surface area contributed by atoms with Crippen LogP contribution in [0.2, 0.25) is 0 Å². The number of fused-ring (bicyclic) bond motifs is 1. The molecule has 1 saturated carbocycles. The Hall–Kier alpha value is -0.300. The highest BCUT2D eigenvalue weighted by molar-refractivity contribution is 5.21. The first-order valence-corrected chi connectivity index (χ1v) is 7.50. The van der Waals surface area contributed by atoms with Crippen LogP contribution in [0.1, 0.15) is 72.1 Å². The molecule has 0 bridgehead atoms. The fraction of sp³-hybridized carbons (Fsp3) is 0.875. The van der Waals surface area contributed by atoms with E-state index in [1.165, 1.54) is 32.1 Å². The topological polar surface area (TPSA) is 20.2 Å². The van der Waals surface area contributed by atoms with Crippen molar-refractivity contribution in [2.24, 2.45) is 11.3 Å². The van der Waals surface area contributed by atoms with E-state index in [0.29, 0.717) is 5.41 Å². The van der Waals surface area contributed by atoms with Crippen LogP contribution in [-0.2, 0) is 0 Å². The summed E-state index contributed by atoms with van der Waals surface area (Å²) in [5.74, 6) is 0.762. The molecule has 0 spiro atoms. The van der Waals surface area contributed by atoms with Gasteiger partial charge in [0.15, 0.2) is 0 Å². The van der Waals surface area contributed by atoms with Gasteiger partial charge in [0.05, 0.1) is 5.60 Å². The summed E-state index contributed by atoms with van der Waals surface area (Å²) in [6.45, 7) is 6.83. The van der Waals surface area contributed by atoms with Gasteiger partial charge in [-0.15, -0.1) is 0 Å². The van der Waals surface area contributed by atoms with Gasteiger partial charge in [-0.25, -0.2) is 0 Å². The van der Waals surface area contributed by atoms with Crippen molar-refractivity contribution in [1.29, 1.82) is 0 Å². The predicted octanol–water partition coefficient (Wildman–Crippen LogP) is 4.45. The monoisotopic (exact) mass is 236 g/mol. The summed E-state index contributed by atoms with van der Waals surface area (Å²) >= 11 is 0. The molecule has 2 rings (SSSR count). The van der Waals surface area contributed by atoms with Gasteiger partial charge in [0.1, 0.15) is 0 Å². The summed E-state index contributed by atoms with van der Waals surface area (Å²) in [5.41, 5.74) is 1.72. The molecule has 98 valence electrons. The molecular formula is C16H28O. The first-order chi connectivity index (χ1) is 8.09. The average molecular weight is 236 g/mol. The van der Waals surface area contributed by atoms with Crippen LogP contribution in [0.15, 0.2) is 11.6 Å². The van der Waals surface area contributed by atoms with Gasteiger partial charge in [-0.05, 0) is 62.7 Å². The molecule has 0 aromatic carbocycles. The second-order valence-corrected chi connectivity index (χ2v) is 6.23. The Balaban J connectivity index is 2.22. The Labute approximate surface area is 106 Å². The van der Waals surface area contributed by atoms with Crippen LogP contribution in [0.25, 0.3) is 0 Å². The molecule has 2 unspecified atom stereocenters. The van der Waals surface area contributed by atoms with Gasteiger partial charge in [-0.2, -0.15) is 0 Å². The molecule has 0 aromatic heterocycles. The number of hydrogen-bond acceptors (Lipinski definition) is 1. The largest absolute Gasteiger partial charge is 0.390 e. The van der Waals surface area contributed by atoms with Crippen LogP contribution in [0.5, 0.6) is 0 Å². The van der Waals surface area contributed by atoms with E-state index in [1.807, 2.05) is 0 Å². The number of rotatable bonds is 3. The highest BCUT2D eigenvalue weighted by atomic mass is 16.3. The minimum absolute atomic E-state index is 0.396. The molecule has 1 nitrogen and oxygen atoms in total. The van der Waals surface area contributed by atoms with Crippen LogP contribution in [0.4, 0.5) is 0 Å². The van der Waals surface area contributed by atoms with Gasteiger partial charge >= 0.3 is 0 Å².